The summed E-state index contributed by atoms with van der Waals surface area (Å²) >= 11 is 11.9. The molecule has 0 aliphatic rings. The summed E-state index contributed by atoms with van der Waals surface area (Å²) in [5, 5.41) is 1.39. The molecule has 2 rings (SSSR count). The predicted molar refractivity (Wildman–Crippen MR) is 62.5 cm³/mol. The SMILES string of the molecule is Clc1ccc(CCc2ncc[nH]2)c(Cl)c1. The van der Waals surface area contributed by atoms with E-state index in [-0.39, 0.29) is 0 Å². The van der Waals surface area contributed by atoms with Crippen LogP contribution in [0, 0.1) is 0 Å². The first kappa shape index (κ1) is 10.5. The minimum Gasteiger partial charge on any atom is -0.349 e. The summed E-state index contributed by atoms with van der Waals surface area (Å²) in [6.45, 7) is 0. The van der Waals surface area contributed by atoms with Crippen LogP contribution >= 0.6 is 23.2 Å². The van der Waals surface area contributed by atoms with Crippen molar-refractivity contribution in [2.75, 3.05) is 0 Å². The number of aromatic amines is 1. The molecule has 0 unspecified atom stereocenters. The van der Waals surface area contributed by atoms with Gasteiger partial charge >= 0.3 is 0 Å². The van der Waals surface area contributed by atoms with Gasteiger partial charge in [0.15, 0.2) is 0 Å². The molecule has 0 aliphatic carbocycles. The van der Waals surface area contributed by atoms with E-state index in [4.69, 9.17) is 23.2 Å². The fourth-order valence-corrected chi connectivity index (χ4v) is 1.92. The van der Waals surface area contributed by atoms with E-state index in [2.05, 4.69) is 9.97 Å². The summed E-state index contributed by atoms with van der Waals surface area (Å²) in [5.74, 6) is 0.973. The number of imidazole rings is 1. The van der Waals surface area contributed by atoms with Crippen LogP contribution in [0.5, 0.6) is 0 Å². The molecule has 2 nitrogen and oxygen atoms in total. The van der Waals surface area contributed by atoms with Crippen LogP contribution in [0.25, 0.3) is 0 Å². The van der Waals surface area contributed by atoms with Crippen LogP contribution in [0.3, 0.4) is 0 Å². The van der Waals surface area contributed by atoms with E-state index >= 15 is 0 Å². The maximum atomic E-state index is 6.05. The number of benzene rings is 1. The molecule has 0 saturated heterocycles. The van der Waals surface area contributed by atoms with Gasteiger partial charge in [-0.3, -0.25) is 0 Å². The van der Waals surface area contributed by atoms with Crippen molar-refractivity contribution in [1.29, 1.82) is 0 Å². The molecule has 0 atom stereocenters. The highest BCUT2D eigenvalue weighted by molar-refractivity contribution is 6.35. The van der Waals surface area contributed by atoms with E-state index in [0.29, 0.717) is 10.0 Å². The Morgan fingerprint density at radius 2 is 2.07 bits per heavy atom. The quantitative estimate of drug-likeness (QED) is 0.875. The number of aryl methyl sites for hydroxylation is 2. The molecule has 15 heavy (non-hydrogen) atoms. The average Bonchev–Trinajstić information content (AvgIpc) is 2.69. The van der Waals surface area contributed by atoms with Gasteiger partial charge in [-0.25, -0.2) is 4.98 Å². The Morgan fingerprint density at radius 3 is 2.73 bits per heavy atom. The summed E-state index contributed by atoms with van der Waals surface area (Å²) in [4.78, 5) is 7.21. The number of H-pyrrole nitrogens is 1. The highest BCUT2D eigenvalue weighted by atomic mass is 35.5. The van der Waals surface area contributed by atoms with Crippen molar-refractivity contribution >= 4 is 23.2 Å². The maximum Gasteiger partial charge on any atom is 0.106 e. The lowest BCUT2D eigenvalue weighted by Crippen LogP contribution is -1.94. The van der Waals surface area contributed by atoms with Gasteiger partial charge in [-0.15, -0.1) is 0 Å². The van der Waals surface area contributed by atoms with E-state index < -0.39 is 0 Å². The van der Waals surface area contributed by atoms with Gasteiger partial charge in [0.2, 0.25) is 0 Å². The number of hydrogen-bond acceptors (Lipinski definition) is 1. The van der Waals surface area contributed by atoms with Crippen molar-refractivity contribution < 1.29 is 0 Å². The molecule has 0 fully saturated rings. The van der Waals surface area contributed by atoms with Gasteiger partial charge in [0.05, 0.1) is 0 Å². The normalized spacial score (nSPS) is 10.5. The van der Waals surface area contributed by atoms with Crippen LogP contribution in [0.2, 0.25) is 10.0 Å². The fraction of sp³-hybridized carbons (Fsp3) is 0.182. The van der Waals surface area contributed by atoms with Crippen LogP contribution in [-0.2, 0) is 12.8 Å². The van der Waals surface area contributed by atoms with Gasteiger partial charge in [-0.1, -0.05) is 29.3 Å². The molecule has 0 spiro atoms. The van der Waals surface area contributed by atoms with Crippen molar-refractivity contribution in [3.63, 3.8) is 0 Å². The summed E-state index contributed by atoms with van der Waals surface area (Å²) in [6, 6.07) is 5.57. The van der Waals surface area contributed by atoms with Crippen molar-refractivity contribution in [2.45, 2.75) is 12.8 Å². The minimum atomic E-state index is 0.668. The molecule has 1 heterocycles. The Bertz CT molecular complexity index is 438. The minimum absolute atomic E-state index is 0.668. The number of halogens is 2. The third-order valence-corrected chi connectivity index (χ3v) is 2.79. The second-order valence-corrected chi connectivity index (χ2v) is 4.12. The zero-order chi connectivity index (χ0) is 10.7. The molecule has 2 aromatic rings. The van der Waals surface area contributed by atoms with Crippen LogP contribution in [0.15, 0.2) is 30.6 Å². The second-order valence-electron chi connectivity index (χ2n) is 3.27. The largest absolute Gasteiger partial charge is 0.349 e. The van der Waals surface area contributed by atoms with Gasteiger partial charge in [-0.2, -0.15) is 0 Å². The van der Waals surface area contributed by atoms with E-state index in [1.54, 1.807) is 12.3 Å². The molecule has 0 bridgehead atoms. The van der Waals surface area contributed by atoms with E-state index in [9.17, 15) is 0 Å². The monoisotopic (exact) mass is 240 g/mol. The summed E-state index contributed by atoms with van der Waals surface area (Å²) in [7, 11) is 0. The number of nitrogens with zero attached hydrogens (tertiary/aromatic N) is 1. The average molecular weight is 241 g/mol. The van der Waals surface area contributed by atoms with Gasteiger partial charge in [0.1, 0.15) is 5.82 Å². The van der Waals surface area contributed by atoms with Crippen LogP contribution in [0.1, 0.15) is 11.4 Å². The number of nitrogens with one attached hydrogen (secondary N) is 1. The molecule has 0 saturated carbocycles. The maximum absolute atomic E-state index is 6.05. The molecular formula is C11H10Cl2N2. The highest BCUT2D eigenvalue weighted by Gasteiger charge is 2.02. The smallest absolute Gasteiger partial charge is 0.106 e. The summed E-state index contributed by atoms with van der Waals surface area (Å²) in [6.07, 6.45) is 5.29. The Labute approximate surface area is 98.3 Å². The topological polar surface area (TPSA) is 28.7 Å². The zero-order valence-electron chi connectivity index (χ0n) is 8.00. The van der Waals surface area contributed by atoms with Crippen molar-refractivity contribution in [3.8, 4) is 0 Å². The first-order valence-corrected chi connectivity index (χ1v) is 5.43. The van der Waals surface area contributed by atoms with Crippen LogP contribution in [0.4, 0.5) is 0 Å². The first-order chi connectivity index (χ1) is 7.25. The molecule has 0 amide bonds. The second kappa shape index (κ2) is 4.69. The summed E-state index contributed by atoms with van der Waals surface area (Å²) in [5.41, 5.74) is 1.09. The molecule has 4 heteroatoms. The lowest BCUT2D eigenvalue weighted by atomic mass is 10.1. The van der Waals surface area contributed by atoms with E-state index in [1.807, 2.05) is 18.3 Å². The highest BCUT2D eigenvalue weighted by Crippen LogP contribution is 2.21. The molecule has 1 N–H and O–H groups in total. The molecule has 78 valence electrons. The predicted octanol–water partition coefficient (Wildman–Crippen LogP) is 3.50. The summed E-state index contributed by atoms with van der Waals surface area (Å²) < 4.78 is 0. The molecule has 0 aliphatic heterocycles. The fourth-order valence-electron chi connectivity index (χ4n) is 1.41. The standard InChI is InChI=1S/C11H10Cl2N2/c12-9-3-1-8(10(13)7-9)2-4-11-14-5-6-15-11/h1,3,5-7H,2,4H2,(H,14,15). The number of aromatic nitrogens is 2. The zero-order valence-corrected chi connectivity index (χ0v) is 9.52. The van der Waals surface area contributed by atoms with Gasteiger partial charge in [0.25, 0.3) is 0 Å². The van der Waals surface area contributed by atoms with Gasteiger partial charge < -0.3 is 4.98 Å². The molecule has 1 aromatic heterocycles. The third-order valence-electron chi connectivity index (χ3n) is 2.20. The lowest BCUT2D eigenvalue weighted by molar-refractivity contribution is 0.884. The first-order valence-electron chi connectivity index (χ1n) is 4.68. The van der Waals surface area contributed by atoms with Crippen molar-refractivity contribution in [1.82, 2.24) is 9.97 Å². The number of hydrogen-bond donors (Lipinski definition) is 1. The van der Waals surface area contributed by atoms with Gasteiger partial charge in [-0.05, 0) is 24.1 Å². The Kier molecular flexibility index (Phi) is 3.29. The van der Waals surface area contributed by atoms with Crippen molar-refractivity contribution in [3.05, 3.63) is 52.0 Å². The van der Waals surface area contributed by atoms with E-state index in [1.165, 1.54) is 0 Å². The Hall–Kier alpha value is -0.990. The van der Waals surface area contributed by atoms with Crippen LogP contribution in [-0.4, -0.2) is 9.97 Å². The van der Waals surface area contributed by atoms with Crippen LogP contribution < -0.4 is 0 Å². The Balaban J connectivity index is 2.05. The molecule has 0 radical (unpaired) electrons. The number of rotatable bonds is 3. The van der Waals surface area contributed by atoms with Crippen molar-refractivity contribution in [2.24, 2.45) is 0 Å². The molecular weight excluding hydrogens is 231 g/mol. The third kappa shape index (κ3) is 2.74. The Morgan fingerprint density at radius 1 is 1.20 bits per heavy atom. The molecule has 1 aromatic carbocycles. The lowest BCUT2D eigenvalue weighted by Gasteiger charge is -2.03. The van der Waals surface area contributed by atoms with E-state index in [0.717, 1.165) is 24.2 Å². The van der Waals surface area contributed by atoms with Gasteiger partial charge in [0, 0.05) is 28.9 Å².